The third-order valence-corrected chi connectivity index (χ3v) is 3.22. The molecular formula is C13H13NO. The normalized spacial score (nSPS) is 14.6. The van der Waals surface area contributed by atoms with E-state index >= 15 is 0 Å². The number of aromatic hydroxyl groups is 1. The first-order chi connectivity index (χ1) is 7.27. The third-order valence-electron chi connectivity index (χ3n) is 3.22. The van der Waals surface area contributed by atoms with Gasteiger partial charge in [0.2, 0.25) is 0 Å². The van der Waals surface area contributed by atoms with Gasteiger partial charge in [-0.25, -0.2) is 0 Å². The van der Waals surface area contributed by atoms with Gasteiger partial charge in [-0.1, -0.05) is 24.3 Å². The van der Waals surface area contributed by atoms with E-state index in [1.165, 1.54) is 16.6 Å². The highest BCUT2D eigenvalue weighted by molar-refractivity contribution is 5.95. The summed E-state index contributed by atoms with van der Waals surface area (Å²) in [6, 6.07) is 9.94. The number of benzene rings is 2. The van der Waals surface area contributed by atoms with Crippen molar-refractivity contribution in [2.24, 2.45) is 0 Å². The lowest BCUT2D eigenvalue weighted by Crippen LogP contribution is -2.12. The van der Waals surface area contributed by atoms with Crippen LogP contribution in [0, 0.1) is 0 Å². The van der Waals surface area contributed by atoms with Crippen molar-refractivity contribution >= 4 is 16.5 Å². The molecule has 0 aromatic heterocycles. The van der Waals surface area contributed by atoms with Gasteiger partial charge in [0.15, 0.2) is 0 Å². The number of phenolic OH excluding ortho intramolecular Hbond substituents is 1. The van der Waals surface area contributed by atoms with E-state index in [9.17, 15) is 5.11 Å². The van der Waals surface area contributed by atoms with Crippen molar-refractivity contribution in [2.45, 2.75) is 6.42 Å². The molecule has 1 heterocycles. The summed E-state index contributed by atoms with van der Waals surface area (Å²) in [5.41, 5.74) is 2.54. The van der Waals surface area contributed by atoms with Crippen molar-refractivity contribution in [1.82, 2.24) is 0 Å². The summed E-state index contributed by atoms with van der Waals surface area (Å²) in [6.07, 6.45) is 1.08. The van der Waals surface area contributed by atoms with E-state index in [1.807, 2.05) is 24.3 Å². The first kappa shape index (κ1) is 8.60. The molecule has 1 aliphatic rings. The van der Waals surface area contributed by atoms with Crippen LogP contribution >= 0.6 is 0 Å². The highest BCUT2D eigenvalue weighted by Gasteiger charge is 2.19. The van der Waals surface area contributed by atoms with Crippen LogP contribution in [-0.2, 0) is 6.42 Å². The van der Waals surface area contributed by atoms with E-state index in [2.05, 4.69) is 18.0 Å². The van der Waals surface area contributed by atoms with Gasteiger partial charge in [-0.3, -0.25) is 0 Å². The fourth-order valence-corrected chi connectivity index (χ4v) is 2.41. The van der Waals surface area contributed by atoms with Crippen molar-refractivity contribution in [2.75, 3.05) is 18.5 Å². The Balaban J connectivity index is 2.43. The van der Waals surface area contributed by atoms with Crippen LogP contribution in [0.15, 0.2) is 30.3 Å². The Kier molecular flexibility index (Phi) is 1.66. The molecule has 0 bridgehead atoms. The van der Waals surface area contributed by atoms with Crippen LogP contribution in [-0.4, -0.2) is 18.7 Å². The number of hydrogen-bond acceptors (Lipinski definition) is 2. The minimum absolute atomic E-state index is 0.387. The predicted molar refractivity (Wildman–Crippen MR) is 62.6 cm³/mol. The average molecular weight is 199 g/mol. The lowest BCUT2D eigenvalue weighted by atomic mass is 10.0. The molecule has 0 spiro atoms. The zero-order chi connectivity index (χ0) is 10.4. The van der Waals surface area contributed by atoms with Gasteiger partial charge in [-0.05, 0) is 17.4 Å². The minimum atomic E-state index is 0.387. The van der Waals surface area contributed by atoms with Crippen LogP contribution in [0.25, 0.3) is 10.8 Å². The lowest BCUT2D eigenvalue weighted by molar-refractivity contribution is 0.481. The highest BCUT2D eigenvalue weighted by Crippen LogP contribution is 2.38. The number of hydrogen-bond donors (Lipinski definition) is 1. The Hall–Kier alpha value is -1.70. The van der Waals surface area contributed by atoms with E-state index in [1.54, 1.807) is 0 Å². The second kappa shape index (κ2) is 2.89. The molecule has 0 radical (unpaired) electrons. The van der Waals surface area contributed by atoms with Gasteiger partial charge in [0.1, 0.15) is 5.75 Å². The number of phenols is 1. The molecule has 3 rings (SSSR count). The van der Waals surface area contributed by atoms with Gasteiger partial charge in [0.05, 0.1) is 0 Å². The van der Waals surface area contributed by atoms with Crippen molar-refractivity contribution in [3.05, 3.63) is 35.9 Å². The molecule has 1 aliphatic heterocycles. The Morgan fingerprint density at radius 3 is 2.73 bits per heavy atom. The Morgan fingerprint density at radius 2 is 1.93 bits per heavy atom. The van der Waals surface area contributed by atoms with Crippen molar-refractivity contribution in [1.29, 1.82) is 0 Å². The summed E-state index contributed by atoms with van der Waals surface area (Å²) < 4.78 is 0. The molecule has 2 heteroatoms. The summed E-state index contributed by atoms with van der Waals surface area (Å²) in [7, 11) is 2.07. The minimum Gasteiger partial charge on any atom is -0.507 e. The molecule has 76 valence electrons. The van der Waals surface area contributed by atoms with Gasteiger partial charge < -0.3 is 10.0 Å². The van der Waals surface area contributed by atoms with E-state index in [0.29, 0.717) is 5.75 Å². The maximum Gasteiger partial charge on any atom is 0.125 e. The molecule has 2 nitrogen and oxygen atoms in total. The van der Waals surface area contributed by atoms with Gasteiger partial charge in [0, 0.05) is 30.7 Å². The lowest BCUT2D eigenvalue weighted by Gasteiger charge is -2.13. The van der Waals surface area contributed by atoms with Crippen molar-refractivity contribution in [3.63, 3.8) is 0 Å². The summed E-state index contributed by atoms with van der Waals surface area (Å²) in [5.74, 6) is 0.387. The Morgan fingerprint density at radius 1 is 1.20 bits per heavy atom. The molecule has 0 fully saturated rings. The van der Waals surface area contributed by atoms with Crippen LogP contribution < -0.4 is 4.90 Å². The van der Waals surface area contributed by atoms with E-state index in [0.717, 1.165) is 18.4 Å². The molecule has 0 amide bonds. The van der Waals surface area contributed by atoms with Gasteiger partial charge in [-0.15, -0.1) is 0 Å². The number of rotatable bonds is 0. The first-order valence-electron chi connectivity index (χ1n) is 5.22. The summed E-state index contributed by atoms with van der Waals surface area (Å²) in [5, 5.41) is 12.1. The van der Waals surface area contributed by atoms with Gasteiger partial charge in [0.25, 0.3) is 0 Å². The standard InChI is InChI=1S/C13H13NO/c1-14-7-6-10-9-4-2-3-5-11(9)13(15)8-12(10)14/h2-5,8,15H,6-7H2,1H3. The molecule has 0 aliphatic carbocycles. The smallest absolute Gasteiger partial charge is 0.125 e. The van der Waals surface area contributed by atoms with Gasteiger partial charge in [-0.2, -0.15) is 0 Å². The predicted octanol–water partition coefficient (Wildman–Crippen LogP) is 2.54. The number of nitrogens with zero attached hydrogens (tertiary/aromatic N) is 1. The number of fused-ring (bicyclic) bond motifs is 3. The molecular weight excluding hydrogens is 186 g/mol. The molecule has 1 N–H and O–H groups in total. The molecule has 2 aromatic carbocycles. The van der Waals surface area contributed by atoms with Crippen molar-refractivity contribution < 1.29 is 5.11 Å². The number of anilines is 1. The maximum absolute atomic E-state index is 9.93. The number of likely N-dealkylation sites (N-methyl/N-ethyl adjacent to an activating group) is 1. The van der Waals surface area contributed by atoms with Crippen LogP contribution in [0.3, 0.4) is 0 Å². The van der Waals surface area contributed by atoms with Crippen LogP contribution in [0.2, 0.25) is 0 Å². The molecule has 0 unspecified atom stereocenters. The highest BCUT2D eigenvalue weighted by atomic mass is 16.3. The largest absolute Gasteiger partial charge is 0.507 e. The SMILES string of the molecule is CN1CCc2c1cc(O)c1ccccc21. The van der Waals surface area contributed by atoms with E-state index in [-0.39, 0.29) is 0 Å². The fourth-order valence-electron chi connectivity index (χ4n) is 2.41. The van der Waals surface area contributed by atoms with Crippen LogP contribution in [0.4, 0.5) is 5.69 Å². The Bertz CT molecular complexity index is 533. The van der Waals surface area contributed by atoms with E-state index < -0.39 is 0 Å². The second-order valence-corrected chi connectivity index (χ2v) is 4.11. The second-order valence-electron chi connectivity index (χ2n) is 4.11. The average Bonchev–Trinajstić information content (AvgIpc) is 2.62. The topological polar surface area (TPSA) is 23.5 Å². The molecule has 0 saturated carbocycles. The molecule has 2 aromatic rings. The van der Waals surface area contributed by atoms with Crippen LogP contribution in [0.1, 0.15) is 5.56 Å². The van der Waals surface area contributed by atoms with Gasteiger partial charge >= 0.3 is 0 Å². The summed E-state index contributed by atoms with van der Waals surface area (Å²) in [6.45, 7) is 1.04. The first-order valence-corrected chi connectivity index (χ1v) is 5.22. The summed E-state index contributed by atoms with van der Waals surface area (Å²) >= 11 is 0. The fraction of sp³-hybridized carbons (Fsp3) is 0.231. The van der Waals surface area contributed by atoms with E-state index in [4.69, 9.17) is 0 Å². The third kappa shape index (κ3) is 1.11. The zero-order valence-electron chi connectivity index (χ0n) is 8.70. The Labute approximate surface area is 88.8 Å². The van der Waals surface area contributed by atoms with Crippen molar-refractivity contribution in [3.8, 4) is 5.75 Å². The van der Waals surface area contributed by atoms with Crippen LogP contribution in [0.5, 0.6) is 5.75 Å². The monoisotopic (exact) mass is 199 g/mol. The molecule has 0 atom stereocenters. The maximum atomic E-state index is 9.93. The molecule has 0 saturated heterocycles. The molecule has 15 heavy (non-hydrogen) atoms. The quantitative estimate of drug-likeness (QED) is 0.704. The summed E-state index contributed by atoms with van der Waals surface area (Å²) in [4.78, 5) is 2.20. The zero-order valence-corrected chi connectivity index (χ0v) is 8.70.